The summed E-state index contributed by atoms with van der Waals surface area (Å²) >= 11 is 0. The van der Waals surface area contributed by atoms with E-state index in [2.05, 4.69) is 5.32 Å². The van der Waals surface area contributed by atoms with E-state index in [1.54, 1.807) is 35.7 Å². The Balaban J connectivity index is 1.81. The molecular weight excluding hydrogens is 288 g/mol. The summed E-state index contributed by atoms with van der Waals surface area (Å²) < 4.78 is 32.5. The highest BCUT2D eigenvalue weighted by Gasteiger charge is 2.39. The van der Waals surface area contributed by atoms with Crippen LogP contribution >= 0.6 is 0 Å². The molecule has 0 amide bonds. The van der Waals surface area contributed by atoms with E-state index >= 15 is 0 Å². The molecule has 116 valence electrons. The van der Waals surface area contributed by atoms with E-state index in [4.69, 9.17) is 4.74 Å². The van der Waals surface area contributed by atoms with Gasteiger partial charge in [-0.3, -0.25) is 0 Å². The standard InChI is InChI=1S/C15H22N2O3S/c1-20-14-6-8-15(9-7-14)21(18,19)17(13-4-5-13)11-12-3-2-10-16-12/h6-9,12-13,16H,2-5,10-11H2,1H3. The second-order valence-electron chi connectivity index (χ2n) is 5.77. The predicted molar refractivity (Wildman–Crippen MR) is 80.9 cm³/mol. The van der Waals surface area contributed by atoms with Crippen molar-refractivity contribution in [1.82, 2.24) is 9.62 Å². The lowest BCUT2D eigenvalue weighted by molar-refractivity contribution is 0.362. The molecule has 1 atom stereocenters. The summed E-state index contributed by atoms with van der Waals surface area (Å²) in [6.45, 7) is 1.57. The fraction of sp³-hybridized carbons (Fsp3) is 0.600. The van der Waals surface area contributed by atoms with E-state index in [0.717, 1.165) is 32.2 Å². The Morgan fingerprint density at radius 3 is 2.48 bits per heavy atom. The summed E-state index contributed by atoms with van der Waals surface area (Å²) in [6, 6.07) is 7.13. The van der Waals surface area contributed by atoms with Crippen LogP contribution in [0.3, 0.4) is 0 Å². The predicted octanol–water partition coefficient (Wildman–Crippen LogP) is 1.60. The number of hydrogen-bond donors (Lipinski definition) is 1. The van der Waals surface area contributed by atoms with Gasteiger partial charge in [-0.05, 0) is 56.5 Å². The normalized spacial score (nSPS) is 22.7. The van der Waals surface area contributed by atoms with Gasteiger partial charge in [0.2, 0.25) is 10.0 Å². The first-order chi connectivity index (χ1) is 10.1. The first-order valence-corrected chi connectivity index (χ1v) is 8.94. The van der Waals surface area contributed by atoms with Gasteiger partial charge in [-0.15, -0.1) is 0 Å². The second kappa shape index (κ2) is 5.94. The molecule has 1 saturated carbocycles. The Bertz CT molecular complexity index is 575. The van der Waals surface area contributed by atoms with Crippen LogP contribution in [0.4, 0.5) is 0 Å². The Morgan fingerprint density at radius 1 is 1.24 bits per heavy atom. The molecule has 1 unspecified atom stereocenters. The maximum Gasteiger partial charge on any atom is 0.243 e. The zero-order valence-corrected chi connectivity index (χ0v) is 13.1. The van der Waals surface area contributed by atoms with E-state index in [0.29, 0.717) is 23.2 Å². The highest BCUT2D eigenvalue weighted by atomic mass is 32.2. The van der Waals surface area contributed by atoms with E-state index in [-0.39, 0.29) is 6.04 Å². The van der Waals surface area contributed by atoms with Crippen LogP contribution in [0.25, 0.3) is 0 Å². The van der Waals surface area contributed by atoms with Crippen molar-refractivity contribution >= 4 is 10.0 Å². The number of rotatable bonds is 6. The molecule has 1 aliphatic heterocycles. The van der Waals surface area contributed by atoms with Crippen molar-refractivity contribution in [2.75, 3.05) is 20.2 Å². The summed E-state index contributed by atoms with van der Waals surface area (Å²) in [5.41, 5.74) is 0. The largest absolute Gasteiger partial charge is 0.497 e. The molecule has 2 fully saturated rings. The van der Waals surface area contributed by atoms with Crippen molar-refractivity contribution in [3.63, 3.8) is 0 Å². The van der Waals surface area contributed by atoms with Crippen molar-refractivity contribution in [2.45, 2.75) is 42.7 Å². The monoisotopic (exact) mass is 310 g/mol. The van der Waals surface area contributed by atoms with Gasteiger partial charge in [0.25, 0.3) is 0 Å². The topological polar surface area (TPSA) is 58.6 Å². The fourth-order valence-corrected chi connectivity index (χ4v) is 4.55. The average molecular weight is 310 g/mol. The number of sulfonamides is 1. The average Bonchev–Trinajstić information content (AvgIpc) is 3.20. The molecule has 1 aromatic rings. The molecule has 1 saturated heterocycles. The first-order valence-electron chi connectivity index (χ1n) is 7.50. The quantitative estimate of drug-likeness (QED) is 0.867. The van der Waals surface area contributed by atoms with Crippen molar-refractivity contribution in [3.8, 4) is 5.75 Å². The molecule has 2 aliphatic rings. The third-order valence-electron chi connectivity index (χ3n) is 4.18. The summed E-state index contributed by atoms with van der Waals surface area (Å²) in [5, 5.41) is 3.39. The lowest BCUT2D eigenvalue weighted by atomic mass is 10.2. The smallest absolute Gasteiger partial charge is 0.243 e. The van der Waals surface area contributed by atoms with Gasteiger partial charge >= 0.3 is 0 Å². The van der Waals surface area contributed by atoms with Crippen LogP contribution in [0.1, 0.15) is 25.7 Å². The van der Waals surface area contributed by atoms with Gasteiger partial charge < -0.3 is 10.1 Å². The van der Waals surface area contributed by atoms with Gasteiger partial charge in [-0.1, -0.05) is 0 Å². The molecule has 1 aliphatic carbocycles. The summed E-state index contributed by atoms with van der Waals surface area (Å²) in [5.74, 6) is 0.671. The number of ether oxygens (including phenoxy) is 1. The van der Waals surface area contributed by atoms with Gasteiger partial charge in [0.05, 0.1) is 12.0 Å². The Morgan fingerprint density at radius 2 is 1.95 bits per heavy atom. The Labute approximate surface area is 126 Å². The van der Waals surface area contributed by atoms with Crippen LogP contribution in [0, 0.1) is 0 Å². The van der Waals surface area contributed by atoms with Gasteiger partial charge in [0, 0.05) is 18.6 Å². The Kier molecular flexibility index (Phi) is 4.19. The molecule has 1 aromatic carbocycles. The molecule has 1 N–H and O–H groups in total. The molecule has 5 nitrogen and oxygen atoms in total. The maximum atomic E-state index is 12.9. The van der Waals surface area contributed by atoms with E-state index in [9.17, 15) is 8.42 Å². The van der Waals surface area contributed by atoms with Crippen LogP contribution in [0.5, 0.6) is 5.75 Å². The molecule has 6 heteroatoms. The number of nitrogens with one attached hydrogen (secondary N) is 1. The number of methoxy groups -OCH3 is 1. The van der Waals surface area contributed by atoms with Crippen molar-refractivity contribution in [1.29, 1.82) is 0 Å². The minimum absolute atomic E-state index is 0.180. The lowest BCUT2D eigenvalue weighted by Crippen LogP contribution is -2.42. The highest BCUT2D eigenvalue weighted by Crippen LogP contribution is 2.33. The van der Waals surface area contributed by atoms with Crippen LogP contribution in [0.15, 0.2) is 29.2 Å². The zero-order chi connectivity index (χ0) is 14.9. The minimum Gasteiger partial charge on any atom is -0.497 e. The maximum absolute atomic E-state index is 12.9. The molecular formula is C15H22N2O3S. The summed E-state index contributed by atoms with van der Waals surface area (Å²) in [4.78, 5) is 0.355. The molecule has 1 heterocycles. The van der Waals surface area contributed by atoms with Crippen LogP contribution in [-0.4, -0.2) is 45.0 Å². The van der Waals surface area contributed by atoms with Gasteiger partial charge in [-0.2, -0.15) is 4.31 Å². The second-order valence-corrected chi connectivity index (χ2v) is 7.67. The molecule has 0 radical (unpaired) electrons. The Hall–Kier alpha value is -1.11. The van der Waals surface area contributed by atoms with Gasteiger partial charge in [0.15, 0.2) is 0 Å². The highest BCUT2D eigenvalue weighted by molar-refractivity contribution is 7.89. The third kappa shape index (κ3) is 3.22. The number of benzene rings is 1. The van der Waals surface area contributed by atoms with Gasteiger partial charge in [0.1, 0.15) is 5.75 Å². The molecule has 0 aromatic heterocycles. The van der Waals surface area contributed by atoms with E-state index in [1.807, 2.05) is 0 Å². The molecule has 0 spiro atoms. The zero-order valence-electron chi connectivity index (χ0n) is 12.3. The van der Waals surface area contributed by atoms with E-state index < -0.39 is 10.0 Å². The number of hydrogen-bond acceptors (Lipinski definition) is 4. The van der Waals surface area contributed by atoms with Crippen LogP contribution in [0.2, 0.25) is 0 Å². The van der Waals surface area contributed by atoms with Crippen molar-refractivity contribution < 1.29 is 13.2 Å². The first kappa shape index (κ1) is 14.8. The SMILES string of the molecule is COc1ccc(S(=O)(=O)N(CC2CCCN2)C2CC2)cc1. The van der Waals surface area contributed by atoms with Crippen molar-refractivity contribution in [2.24, 2.45) is 0 Å². The van der Waals surface area contributed by atoms with Crippen LogP contribution in [-0.2, 0) is 10.0 Å². The molecule has 3 rings (SSSR count). The van der Waals surface area contributed by atoms with Crippen LogP contribution < -0.4 is 10.1 Å². The minimum atomic E-state index is -3.41. The lowest BCUT2D eigenvalue weighted by Gasteiger charge is -2.25. The number of nitrogens with zero attached hydrogens (tertiary/aromatic N) is 1. The molecule has 0 bridgehead atoms. The summed E-state index contributed by atoms with van der Waals surface area (Å²) in [6.07, 6.45) is 4.14. The van der Waals surface area contributed by atoms with Gasteiger partial charge in [-0.25, -0.2) is 8.42 Å². The third-order valence-corrected chi connectivity index (χ3v) is 6.12. The van der Waals surface area contributed by atoms with Crippen molar-refractivity contribution in [3.05, 3.63) is 24.3 Å². The fourth-order valence-electron chi connectivity index (χ4n) is 2.82. The van der Waals surface area contributed by atoms with E-state index in [1.165, 1.54) is 0 Å². The molecule has 21 heavy (non-hydrogen) atoms. The summed E-state index contributed by atoms with van der Waals surface area (Å²) in [7, 11) is -1.84.